The van der Waals surface area contributed by atoms with E-state index in [9.17, 15) is 4.39 Å². The zero-order valence-electron chi connectivity index (χ0n) is 8.87. The minimum absolute atomic E-state index is 0.263. The molecule has 0 radical (unpaired) electrons. The lowest BCUT2D eigenvalue weighted by Gasteiger charge is -2.07. The minimum Gasteiger partial charge on any atom is -0.206 e. The average molecular weight is 211 g/mol. The van der Waals surface area contributed by atoms with Crippen LogP contribution in [0.25, 0.3) is 11.1 Å². The van der Waals surface area contributed by atoms with E-state index in [-0.39, 0.29) is 5.82 Å². The lowest BCUT2D eigenvalue weighted by molar-refractivity contribution is 0.631. The molecule has 2 rings (SSSR count). The number of hydrogen-bond donors (Lipinski definition) is 0. The second-order valence-corrected chi connectivity index (χ2v) is 3.62. The van der Waals surface area contributed by atoms with Gasteiger partial charge in [0.05, 0.1) is 11.6 Å². The van der Waals surface area contributed by atoms with Crippen LogP contribution in [-0.2, 0) is 0 Å². The summed E-state index contributed by atoms with van der Waals surface area (Å²) in [4.78, 5) is 0. The van der Waals surface area contributed by atoms with Crippen molar-refractivity contribution in [2.75, 3.05) is 0 Å². The molecule has 0 aliphatic rings. The quantitative estimate of drug-likeness (QED) is 0.706. The molecule has 0 saturated heterocycles. The van der Waals surface area contributed by atoms with E-state index in [0.717, 1.165) is 11.1 Å². The third-order valence-corrected chi connectivity index (χ3v) is 2.53. The molecule has 0 fully saturated rings. The van der Waals surface area contributed by atoms with Gasteiger partial charge in [-0.15, -0.1) is 0 Å². The van der Waals surface area contributed by atoms with Crippen molar-refractivity contribution in [1.82, 2.24) is 0 Å². The molecule has 2 aromatic carbocycles. The topological polar surface area (TPSA) is 23.8 Å². The summed E-state index contributed by atoms with van der Waals surface area (Å²) in [7, 11) is 0. The zero-order valence-corrected chi connectivity index (χ0v) is 8.87. The van der Waals surface area contributed by atoms with Gasteiger partial charge in [-0.25, -0.2) is 4.39 Å². The summed E-state index contributed by atoms with van der Waals surface area (Å²) >= 11 is 0. The van der Waals surface area contributed by atoms with Crippen LogP contribution in [-0.4, -0.2) is 0 Å². The number of nitrogens with zero attached hydrogens (tertiary/aromatic N) is 1. The van der Waals surface area contributed by atoms with Gasteiger partial charge < -0.3 is 0 Å². The molecule has 2 aromatic rings. The fourth-order valence-electron chi connectivity index (χ4n) is 1.66. The molecule has 78 valence electrons. The van der Waals surface area contributed by atoms with E-state index in [1.54, 1.807) is 30.3 Å². The van der Waals surface area contributed by atoms with Crippen molar-refractivity contribution in [3.05, 3.63) is 59.4 Å². The number of benzene rings is 2. The molecule has 0 amide bonds. The van der Waals surface area contributed by atoms with Crippen LogP contribution in [0, 0.1) is 24.1 Å². The van der Waals surface area contributed by atoms with E-state index in [2.05, 4.69) is 6.07 Å². The molecule has 16 heavy (non-hydrogen) atoms. The molecule has 0 unspecified atom stereocenters. The zero-order chi connectivity index (χ0) is 11.5. The fourth-order valence-corrected chi connectivity index (χ4v) is 1.66. The van der Waals surface area contributed by atoms with Crippen molar-refractivity contribution >= 4 is 0 Å². The SMILES string of the molecule is Cc1ccc(C#N)cc1-c1ccccc1F. The van der Waals surface area contributed by atoms with Crippen LogP contribution in [0.2, 0.25) is 0 Å². The maximum Gasteiger partial charge on any atom is 0.131 e. The molecule has 0 aromatic heterocycles. The van der Waals surface area contributed by atoms with Crippen molar-refractivity contribution < 1.29 is 4.39 Å². The first kappa shape index (κ1) is 10.4. The number of nitriles is 1. The Morgan fingerprint density at radius 2 is 1.81 bits per heavy atom. The van der Waals surface area contributed by atoms with Crippen LogP contribution in [0.5, 0.6) is 0 Å². The normalized spacial score (nSPS) is 9.81. The Bertz CT molecular complexity index is 567. The number of hydrogen-bond acceptors (Lipinski definition) is 1. The van der Waals surface area contributed by atoms with E-state index in [0.29, 0.717) is 11.1 Å². The molecule has 2 heteroatoms. The Hall–Kier alpha value is -2.14. The summed E-state index contributed by atoms with van der Waals surface area (Å²) in [6.07, 6.45) is 0. The third kappa shape index (κ3) is 1.80. The highest BCUT2D eigenvalue weighted by molar-refractivity contribution is 5.69. The van der Waals surface area contributed by atoms with E-state index in [1.807, 2.05) is 13.0 Å². The van der Waals surface area contributed by atoms with E-state index >= 15 is 0 Å². The Kier molecular flexibility index (Phi) is 2.70. The number of halogens is 1. The first-order valence-corrected chi connectivity index (χ1v) is 4.98. The van der Waals surface area contributed by atoms with Gasteiger partial charge in [-0.1, -0.05) is 24.3 Å². The summed E-state index contributed by atoms with van der Waals surface area (Å²) in [5, 5.41) is 8.83. The largest absolute Gasteiger partial charge is 0.206 e. The Labute approximate surface area is 93.8 Å². The predicted octanol–water partition coefficient (Wildman–Crippen LogP) is 3.67. The minimum atomic E-state index is -0.263. The van der Waals surface area contributed by atoms with Crippen molar-refractivity contribution in [2.45, 2.75) is 6.92 Å². The van der Waals surface area contributed by atoms with Gasteiger partial charge in [-0.3, -0.25) is 0 Å². The maximum absolute atomic E-state index is 13.6. The van der Waals surface area contributed by atoms with E-state index in [1.165, 1.54) is 6.07 Å². The highest BCUT2D eigenvalue weighted by atomic mass is 19.1. The van der Waals surface area contributed by atoms with Crippen LogP contribution in [0.3, 0.4) is 0 Å². The molecule has 1 nitrogen and oxygen atoms in total. The summed E-state index contributed by atoms with van der Waals surface area (Å²) in [5.41, 5.74) is 2.82. The summed E-state index contributed by atoms with van der Waals surface area (Å²) in [6, 6.07) is 13.9. The highest BCUT2D eigenvalue weighted by Crippen LogP contribution is 2.26. The van der Waals surface area contributed by atoms with Gasteiger partial charge in [-0.2, -0.15) is 5.26 Å². The molecule has 0 spiro atoms. The molecule has 0 aliphatic heterocycles. The molecule has 0 bridgehead atoms. The average Bonchev–Trinajstić information content (AvgIpc) is 2.31. The standard InChI is InChI=1S/C14H10FN/c1-10-6-7-11(9-16)8-13(10)12-4-2-3-5-14(12)15/h2-8H,1H3. The van der Waals surface area contributed by atoms with Crippen LogP contribution < -0.4 is 0 Å². The molecule has 0 aliphatic carbocycles. The highest BCUT2D eigenvalue weighted by Gasteiger charge is 2.07. The molecule has 0 N–H and O–H groups in total. The van der Waals surface area contributed by atoms with Gasteiger partial charge >= 0.3 is 0 Å². The summed E-state index contributed by atoms with van der Waals surface area (Å²) < 4.78 is 13.6. The first-order valence-electron chi connectivity index (χ1n) is 4.98. The van der Waals surface area contributed by atoms with Crippen LogP contribution >= 0.6 is 0 Å². The van der Waals surface area contributed by atoms with Gasteiger partial charge in [0.25, 0.3) is 0 Å². The first-order chi connectivity index (χ1) is 7.72. The molecule has 0 atom stereocenters. The molecule has 0 saturated carbocycles. The van der Waals surface area contributed by atoms with Crippen LogP contribution in [0.1, 0.15) is 11.1 Å². The van der Waals surface area contributed by atoms with Gasteiger partial charge in [0, 0.05) is 5.56 Å². The van der Waals surface area contributed by atoms with E-state index < -0.39 is 0 Å². The number of rotatable bonds is 1. The summed E-state index contributed by atoms with van der Waals surface area (Å²) in [6.45, 7) is 1.91. The van der Waals surface area contributed by atoms with Gasteiger partial charge in [-0.05, 0) is 36.2 Å². The Morgan fingerprint density at radius 1 is 1.06 bits per heavy atom. The smallest absolute Gasteiger partial charge is 0.131 e. The van der Waals surface area contributed by atoms with Crippen molar-refractivity contribution in [1.29, 1.82) is 5.26 Å². The third-order valence-electron chi connectivity index (χ3n) is 2.53. The second-order valence-electron chi connectivity index (χ2n) is 3.62. The fraction of sp³-hybridized carbons (Fsp3) is 0.0714. The van der Waals surface area contributed by atoms with Crippen molar-refractivity contribution in [2.24, 2.45) is 0 Å². The lowest BCUT2D eigenvalue weighted by Crippen LogP contribution is -1.88. The second kappa shape index (κ2) is 4.16. The predicted molar refractivity (Wildman–Crippen MR) is 61.3 cm³/mol. The van der Waals surface area contributed by atoms with E-state index in [4.69, 9.17) is 5.26 Å². The van der Waals surface area contributed by atoms with Crippen LogP contribution in [0.15, 0.2) is 42.5 Å². The molecular formula is C14H10FN. The van der Waals surface area contributed by atoms with Gasteiger partial charge in [0.1, 0.15) is 5.82 Å². The monoisotopic (exact) mass is 211 g/mol. The van der Waals surface area contributed by atoms with Gasteiger partial charge in [0.2, 0.25) is 0 Å². The van der Waals surface area contributed by atoms with Crippen molar-refractivity contribution in [3.8, 4) is 17.2 Å². The number of aryl methyl sites for hydroxylation is 1. The lowest BCUT2D eigenvalue weighted by atomic mass is 9.98. The van der Waals surface area contributed by atoms with Crippen LogP contribution in [0.4, 0.5) is 4.39 Å². The summed E-state index contributed by atoms with van der Waals surface area (Å²) in [5.74, 6) is -0.263. The Morgan fingerprint density at radius 3 is 2.50 bits per heavy atom. The molecular weight excluding hydrogens is 201 g/mol. The Balaban J connectivity index is 2.65. The maximum atomic E-state index is 13.6. The van der Waals surface area contributed by atoms with Gasteiger partial charge in [0.15, 0.2) is 0 Å². The molecule has 0 heterocycles. The van der Waals surface area contributed by atoms with Crippen molar-refractivity contribution in [3.63, 3.8) is 0 Å².